The van der Waals surface area contributed by atoms with E-state index in [0.29, 0.717) is 42.9 Å². The summed E-state index contributed by atoms with van der Waals surface area (Å²) >= 11 is 0. The average molecular weight is 861 g/mol. The average Bonchev–Trinajstić information content (AvgIpc) is 3.77. The van der Waals surface area contributed by atoms with Gasteiger partial charge in [0.1, 0.15) is 22.0 Å². The van der Waals surface area contributed by atoms with Crippen molar-refractivity contribution in [2.45, 2.75) is 99.6 Å². The third kappa shape index (κ3) is 7.99. The molecular formula is C46H52N8O7S. The summed E-state index contributed by atoms with van der Waals surface area (Å²) in [4.78, 5) is 41.4. The first-order valence-corrected chi connectivity index (χ1v) is 23.3. The molecule has 4 N–H and O–H groups in total. The van der Waals surface area contributed by atoms with Crippen LogP contribution in [0.5, 0.6) is 11.5 Å². The molecule has 0 radical (unpaired) electrons. The number of carbonyl (C=O) groups excluding carboxylic acids is 1. The second kappa shape index (κ2) is 15.6. The lowest BCUT2D eigenvalue weighted by Crippen LogP contribution is -2.66. The van der Waals surface area contributed by atoms with Crippen LogP contribution in [0.15, 0.2) is 84.1 Å². The van der Waals surface area contributed by atoms with Gasteiger partial charge in [-0.1, -0.05) is 24.3 Å². The lowest BCUT2D eigenvalue weighted by molar-refractivity contribution is -0.384. The number of fused-ring (bicyclic) bond motifs is 1. The van der Waals surface area contributed by atoms with E-state index in [1.54, 1.807) is 42.9 Å². The summed E-state index contributed by atoms with van der Waals surface area (Å²) in [6.45, 7) is 5.06. The Morgan fingerprint density at radius 1 is 1.00 bits per heavy atom. The van der Waals surface area contributed by atoms with Crippen LogP contribution in [0.25, 0.3) is 11.0 Å². The number of likely N-dealkylation sites (tertiary alicyclic amines) is 1. The fourth-order valence-corrected chi connectivity index (χ4v) is 11.4. The van der Waals surface area contributed by atoms with Crippen LogP contribution >= 0.6 is 0 Å². The van der Waals surface area contributed by atoms with E-state index in [1.807, 2.05) is 6.07 Å². The van der Waals surface area contributed by atoms with Gasteiger partial charge in [-0.25, -0.2) is 23.1 Å². The number of nitro groups is 1. The Morgan fingerprint density at radius 3 is 2.53 bits per heavy atom. The molecule has 3 saturated carbocycles. The second-order valence-corrected chi connectivity index (χ2v) is 20.3. The van der Waals surface area contributed by atoms with Crippen molar-refractivity contribution in [1.29, 1.82) is 0 Å². The van der Waals surface area contributed by atoms with Crippen molar-refractivity contribution in [1.82, 2.24) is 24.6 Å². The summed E-state index contributed by atoms with van der Waals surface area (Å²) in [5.74, 6) is 0.357. The molecule has 1 spiro atoms. The Kier molecular flexibility index (Phi) is 10.2. The molecule has 2 aliphatic heterocycles. The van der Waals surface area contributed by atoms with Gasteiger partial charge in [-0.3, -0.25) is 19.8 Å². The minimum Gasteiger partial charge on any atom is -0.455 e. The Balaban J connectivity index is 0.841. The smallest absolute Gasteiger partial charge is 0.312 e. The molecule has 2 aromatic carbocycles. The van der Waals surface area contributed by atoms with Gasteiger partial charge in [0.15, 0.2) is 0 Å². The zero-order chi connectivity index (χ0) is 42.8. The Morgan fingerprint density at radius 2 is 1.77 bits per heavy atom. The molecule has 2 saturated heterocycles. The number of ether oxygens (including phenoxy) is 1. The monoisotopic (exact) mass is 860 g/mol. The normalized spacial score (nSPS) is 23.8. The van der Waals surface area contributed by atoms with Crippen molar-refractivity contribution in [2.24, 2.45) is 11.3 Å². The number of hydrogen-bond donors (Lipinski definition) is 4. The van der Waals surface area contributed by atoms with E-state index in [2.05, 4.69) is 59.1 Å². The lowest BCUT2D eigenvalue weighted by atomic mass is 9.60. The third-order valence-corrected chi connectivity index (χ3v) is 15.3. The van der Waals surface area contributed by atoms with Gasteiger partial charge in [-0.15, -0.1) is 0 Å². The van der Waals surface area contributed by atoms with Crippen LogP contribution < -0.4 is 19.7 Å². The minimum atomic E-state index is -4.62. The Bertz CT molecular complexity index is 2640. The number of amides is 1. The largest absolute Gasteiger partial charge is 0.455 e. The third-order valence-electron chi connectivity index (χ3n) is 14.0. The van der Waals surface area contributed by atoms with E-state index in [4.69, 9.17) is 4.74 Å². The first-order valence-electron chi connectivity index (χ1n) is 21.8. The summed E-state index contributed by atoms with van der Waals surface area (Å²) in [5, 5.41) is 26.2. The number of benzene rings is 2. The van der Waals surface area contributed by atoms with Crippen molar-refractivity contribution >= 4 is 44.2 Å². The highest BCUT2D eigenvalue weighted by atomic mass is 32.2. The van der Waals surface area contributed by atoms with Crippen molar-refractivity contribution in [3.05, 3.63) is 106 Å². The molecular weight excluding hydrogens is 809 g/mol. The topological polar surface area (TPSA) is 196 Å². The number of aromatic nitrogens is 3. The number of sulfonamides is 1. The molecule has 10 rings (SSSR count). The molecule has 1 atom stereocenters. The van der Waals surface area contributed by atoms with Crippen molar-refractivity contribution in [3.63, 3.8) is 0 Å². The second-order valence-electron chi connectivity index (χ2n) is 18.6. The number of nitrogens with zero attached hydrogens (tertiary/aromatic N) is 5. The number of carbonyl (C=O) groups is 1. The molecule has 62 heavy (non-hydrogen) atoms. The molecule has 0 unspecified atom stereocenters. The van der Waals surface area contributed by atoms with Crippen LogP contribution in [0.2, 0.25) is 0 Å². The molecule has 5 aromatic rings. The number of hydrogen-bond acceptors (Lipinski definition) is 12. The zero-order valence-corrected chi connectivity index (χ0v) is 35.6. The molecule has 3 aromatic heterocycles. The van der Waals surface area contributed by atoms with Gasteiger partial charge in [0.25, 0.3) is 15.9 Å². The van der Waals surface area contributed by atoms with Gasteiger partial charge >= 0.3 is 5.69 Å². The number of H-pyrrole nitrogens is 1. The molecule has 5 fully saturated rings. The van der Waals surface area contributed by atoms with Gasteiger partial charge in [-0.2, -0.15) is 0 Å². The van der Waals surface area contributed by atoms with Crippen molar-refractivity contribution < 1.29 is 28.0 Å². The van der Waals surface area contributed by atoms with Crippen molar-refractivity contribution in [3.8, 4) is 11.5 Å². The van der Waals surface area contributed by atoms with E-state index in [-0.39, 0.29) is 28.5 Å². The highest BCUT2D eigenvalue weighted by Gasteiger charge is 2.55. The maximum Gasteiger partial charge on any atom is 0.312 e. The van der Waals surface area contributed by atoms with Crippen LogP contribution in [0, 0.1) is 21.4 Å². The van der Waals surface area contributed by atoms with Crippen LogP contribution in [0.3, 0.4) is 0 Å². The fraction of sp³-hybridized carbons (Fsp3) is 0.457. The molecule has 5 aliphatic rings. The Labute approximate surface area is 360 Å². The van der Waals surface area contributed by atoms with Gasteiger partial charge in [0, 0.05) is 66.5 Å². The van der Waals surface area contributed by atoms with Crippen molar-refractivity contribution in [2.75, 3.05) is 36.4 Å². The molecule has 5 heterocycles. The van der Waals surface area contributed by atoms with E-state index in [9.17, 15) is 28.4 Å². The van der Waals surface area contributed by atoms with Crippen LogP contribution in [-0.2, 0) is 10.0 Å². The summed E-state index contributed by atoms with van der Waals surface area (Å²) < 4.78 is 35.7. The predicted molar refractivity (Wildman–Crippen MR) is 234 cm³/mol. The van der Waals surface area contributed by atoms with Crippen LogP contribution in [0.4, 0.5) is 17.2 Å². The van der Waals surface area contributed by atoms with Crippen LogP contribution in [-0.4, -0.2) is 82.0 Å². The van der Waals surface area contributed by atoms with Gasteiger partial charge in [0.2, 0.25) is 5.82 Å². The number of aliphatic hydroxyl groups is 1. The number of pyridine rings is 2. The number of rotatable bonds is 13. The number of aromatic amines is 1. The predicted octanol–water partition coefficient (Wildman–Crippen LogP) is 7.81. The first kappa shape index (κ1) is 40.5. The van der Waals surface area contributed by atoms with E-state index in [0.717, 1.165) is 74.6 Å². The van der Waals surface area contributed by atoms with E-state index >= 15 is 0 Å². The number of anilines is 2. The maximum atomic E-state index is 13.9. The van der Waals surface area contributed by atoms with E-state index < -0.39 is 37.0 Å². The molecule has 0 bridgehead atoms. The summed E-state index contributed by atoms with van der Waals surface area (Å²) in [7, 11) is -4.62. The minimum absolute atomic E-state index is 0.0378. The van der Waals surface area contributed by atoms with E-state index in [1.165, 1.54) is 37.4 Å². The zero-order valence-electron chi connectivity index (χ0n) is 34.8. The molecule has 3 aliphatic carbocycles. The van der Waals surface area contributed by atoms with Gasteiger partial charge in [-0.05, 0) is 125 Å². The SMILES string of the molecule is CC1(O)CCC(CNc2ncc(S(=O)(=O)NC(=O)c3ccc(N4CC5(CC(N6CCC[C@@H]6c6ccccc6C6CC6)C5)C4)cc3Oc3cnc4[nH]ccc4c3)cc2[N+](=O)[O-])CC1. The van der Waals surface area contributed by atoms with Gasteiger partial charge < -0.3 is 25.0 Å². The summed E-state index contributed by atoms with van der Waals surface area (Å²) in [5.41, 5.74) is 3.53. The quantitative estimate of drug-likeness (QED) is 0.0663. The fourth-order valence-electron chi connectivity index (χ4n) is 10.4. The molecule has 1 amide bonds. The lowest BCUT2D eigenvalue weighted by Gasteiger charge is -2.62. The highest BCUT2D eigenvalue weighted by Crippen LogP contribution is 2.55. The molecule has 15 nitrogen and oxygen atoms in total. The maximum absolute atomic E-state index is 13.9. The Hall–Kier alpha value is -5.58. The molecule has 16 heteroatoms. The first-order chi connectivity index (χ1) is 29.8. The highest BCUT2D eigenvalue weighted by molar-refractivity contribution is 7.90. The summed E-state index contributed by atoms with van der Waals surface area (Å²) in [6, 6.07) is 19.8. The number of nitrogens with one attached hydrogen (secondary N) is 3. The standard InChI is InChI=1S/C46H52N8O7S/c1-45(56)15-12-29(13-16-45)24-48-43-40(54(57)58)21-35(26-50-43)62(59,60)51-44(55)38-11-10-32(20-41(38)61-34-19-31-14-17-47-42(31)49-25-34)52-27-46(28-52)22-33(23-46)53-18-4-7-39(53)37-6-3-2-5-36(37)30-8-9-30/h2-3,5-6,10-11,14,17,19-21,25-26,29-30,33,39,56H,4,7-9,12-13,15-16,18,22-24,27-28H2,1H3,(H,47,49)(H,48,50)(H,51,55)/t29?,39-,45?/m1/s1. The molecule has 324 valence electrons. The van der Waals surface area contributed by atoms with Gasteiger partial charge in [0.05, 0.1) is 28.5 Å². The summed E-state index contributed by atoms with van der Waals surface area (Å²) in [6.07, 6.45) is 14.3. The van der Waals surface area contributed by atoms with Crippen LogP contribution in [0.1, 0.15) is 105 Å².